The standard InChI is InChI=1S/C20H21N3O2S2.ClH/c1-23-10-8-15-17(9-11-23)27-20(21-15)16-12-26-19(22-16)14-5-2-13(3-6-14)4-7-18(24)25;/h2-3,5-6,12H,4,7-11H2,1H3,(H,24,25);1H. The van der Waals surface area contributed by atoms with Crippen LogP contribution in [-0.2, 0) is 24.1 Å². The van der Waals surface area contributed by atoms with Gasteiger partial charge >= 0.3 is 5.97 Å². The molecule has 1 aliphatic rings. The normalized spacial score (nSPS) is 14.2. The second-order valence-electron chi connectivity index (χ2n) is 6.82. The zero-order valence-corrected chi connectivity index (χ0v) is 18.0. The lowest BCUT2D eigenvalue weighted by Crippen LogP contribution is -2.20. The van der Waals surface area contributed by atoms with Crippen LogP contribution in [0.1, 0.15) is 22.6 Å². The van der Waals surface area contributed by atoms with Gasteiger partial charge in [-0.15, -0.1) is 35.1 Å². The van der Waals surface area contributed by atoms with Crippen molar-refractivity contribution in [2.75, 3.05) is 20.1 Å². The molecular formula is C20H22ClN3O2S2. The van der Waals surface area contributed by atoms with E-state index in [-0.39, 0.29) is 18.8 Å². The molecule has 0 fully saturated rings. The second kappa shape index (κ2) is 9.13. The largest absolute Gasteiger partial charge is 0.481 e. The number of thiazole rings is 2. The maximum Gasteiger partial charge on any atom is 0.303 e. The molecule has 1 aliphatic heterocycles. The number of aryl methyl sites for hydroxylation is 1. The first kappa shape index (κ1) is 20.9. The molecule has 1 N–H and O–H groups in total. The quantitative estimate of drug-likeness (QED) is 0.643. The molecule has 2 aromatic heterocycles. The Kier molecular flexibility index (Phi) is 6.82. The molecule has 0 spiro atoms. The second-order valence-corrected chi connectivity index (χ2v) is 8.76. The Labute approximate surface area is 178 Å². The molecule has 0 aliphatic carbocycles. The van der Waals surface area contributed by atoms with Gasteiger partial charge in [0.1, 0.15) is 15.7 Å². The zero-order valence-electron chi connectivity index (χ0n) is 15.6. The van der Waals surface area contributed by atoms with Gasteiger partial charge in [0.15, 0.2) is 0 Å². The Morgan fingerprint density at radius 1 is 1.14 bits per heavy atom. The molecule has 0 unspecified atom stereocenters. The van der Waals surface area contributed by atoms with Crippen molar-refractivity contribution in [3.63, 3.8) is 0 Å². The number of carbonyl (C=O) groups is 1. The van der Waals surface area contributed by atoms with Gasteiger partial charge in [-0.1, -0.05) is 24.3 Å². The van der Waals surface area contributed by atoms with Gasteiger partial charge in [0.05, 0.1) is 5.69 Å². The number of carboxylic acid groups (broad SMARTS) is 1. The molecular weight excluding hydrogens is 414 g/mol. The molecule has 0 saturated heterocycles. The highest BCUT2D eigenvalue weighted by atomic mass is 35.5. The summed E-state index contributed by atoms with van der Waals surface area (Å²) >= 11 is 3.40. The number of benzene rings is 1. The molecule has 4 rings (SSSR count). The topological polar surface area (TPSA) is 66.3 Å². The summed E-state index contributed by atoms with van der Waals surface area (Å²) in [6.07, 6.45) is 2.79. The van der Waals surface area contributed by atoms with Crippen LogP contribution in [0.5, 0.6) is 0 Å². The number of halogens is 1. The number of aromatic nitrogens is 2. The number of carboxylic acids is 1. The van der Waals surface area contributed by atoms with Gasteiger partial charge in [-0.05, 0) is 25.5 Å². The summed E-state index contributed by atoms with van der Waals surface area (Å²) in [7, 11) is 2.16. The molecule has 3 aromatic rings. The van der Waals surface area contributed by atoms with E-state index in [4.69, 9.17) is 15.1 Å². The molecule has 5 nitrogen and oxygen atoms in total. The van der Waals surface area contributed by atoms with E-state index in [9.17, 15) is 4.79 Å². The van der Waals surface area contributed by atoms with Gasteiger partial charge in [0, 0.05) is 41.8 Å². The summed E-state index contributed by atoms with van der Waals surface area (Å²) in [5.41, 5.74) is 4.28. The van der Waals surface area contributed by atoms with Crippen LogP contribution in [0.25, 0.3) is 21.3 Å². The highest BCUT2D eigenvalue weighted by Gasteiger charge is 2.18. The van der Waals surface area contributed by atoms with Crippen molar-refractivity contribution < 1.29 is 9.90 Å². The van der Waals surface area contributed by atoms with E-state index in [1.165, 1.54) is 10.6 Å². The average molecular weight is 436 g/mol. The van der Waals surface area contributed by atoms with Crippen molar-refractivity contribution in [1.29, 1.82) is 0 Å². The number of hydrogen-bond donors (Lipinski definition) is 1. The minimum Gasteiger partial charge on any atom is -0.481 e. The van der Waals surface area contributed by atoms with Gasteiger partial charge < -0.3 is 10.0 Å². The first-order valence-corrected chi connectivity index (χ1v) is 10.7. The Morgan fingerprint density at radius 3 is 2.64 bits per heavy atom. The van der Waals surface area contributed by atoms with Crippen molar-refractivity contribution in [2.45, 2.75) is 25.7 Å². The Morgan fingerprint density at radius 2 is 1.89 bits per heavy atom. The highest BCUT2D eigenvalue weighted by Crippen LogP contribution is 2.33. The maximum absolute atomic E-state index is 10.7. The average Bonchev–Trinajstić information content (AvgIpc) is 3.27. The zero-order chi connectivity index (χ0) is 18.8. The van der Waals surface area contributed by atoms with E-state index in [1.807, 2.05) is 24.3 Å². The molecule has 0 atom stereocenters. The molecule has 148 valence electrons. The van der Waals surface area contributed by atoms with E-state index in [2.05, 4.69) is 17.3 Å². The maximum atomic E-state index is 10.7. The van der Waals surface area contributed by atoms with E-state index in [0.29, 0.717) is 6.42 Å². The molecule has 0 bridgehead atoms. The summed E-state index contributed by atoms with van der Waals surface area (Å²) in [4.78, 5) is 24.1. The fraction of sp³-hybridized carbons (Fsp3) is 0.350. The first-order chi connectivity index (χ1) is 13.1. The fourth-order valence-electron chi connectivity index (χ4n) is 3.15. The van der Waals surface area contributed by atoms with Crippen LogP contribution in [0.4, 0.5) is 0 Å². The summed E-state index contributed by atoms with van der Waals surface area (Å²) in [5, 5.41) is 12.9. The van der Waals surface area contributed by atoms with Crippen LogP contribution in [0, 0.1) is 0 Å². The van der Waals surface area contributed by atoms with Crippen molar-refractivity contribution in [1.82, 2.24) is 14.9 Å². The third-order valence-electron chi connectivity index (χ3n) is 4.78. The summed E-state index contributed by atoms with van der Waals surface area (Å²) < 4.78 is 0. The number of nitrogens with zero attached hydrogens (tertiary/aromatic N) is 3. The van der Waals surface area contributed by atoms with Crippen LogP contribution in [0.3, 0.4) is 0 Å². The fourth-order valence-corrected chi connectivity index (χ4v) is 5.10. The first-order valence-electron chi connectivity index (χ1n) is 9.02. The van der Waals surface area contributed by atoms with E-state index < -0.39 is 5.97 Å². The molecule has 0 amide bonds. The summed E-state index contributed by atoms with van der Waals surface area (Å²) in [6.45, 7) is 2.15. The monoisotopic (exact) mass is 435 g/mol. The predicted molar refractivity (Wildman–Crippen MR) is 117 cm³/mol. The molecule has 0 saturated carbocycles. The van der Waals surface area contributed by atoms with Gasteiger partial charge in [0.25, 0.3) is 0 Å². The molecule has 28 heavy (non-hydrogen) atoms. The highest BCUT2D eigenvalue weighted by molar-refractivity contribution is 7.16. The Bertz CT molecular complexity index is 927. The lowest BCUT2D eigenvalue weighted by molar-refractivity contribution is -0.136. The van der Waals surface area contributed by atoms with Gasteiger partial charge in [-0.2, -0.15) is 0 Å². The van der Waals surface area contributed by atoms with Crippen LogP contribution in [-0.4, -0.2) is 46.1 Å². The number of fused-ring (bicyclic) bond motifs is 1. The smallest absolute Gasteiger partial charge is 0.303 e. The lowest BCUT2D eigenvalue weighted by Gasteiger charge is -2.10. The van der Waals surface area contributed by atoms with Crippen molar-refractivity contribution in [3.05, 3.63) is 45.8 Å². The number of rotatable bonds is 5. The van der Waals surface area contributed by atoms with Crippen molar-refractivity contribution in [3.8, 4) is 21.3 Å². The van der Waals surface area contributed by atoms with Crippen LogP contribution >= 0.6 is 35.1 Å². The number of aliphatic carboxylic acids is 1. The van der Waals surface area contributed by atoms with Gasteiger partial charge in [0.2, 0.25) is 0 Å². The van der Waals surface area contributed by atoms with Crippen LogP contribution in [0.15, 0.2) is 29.6 Å². The SMILES string of the molecule is CN1CCc2nc(-c3csc(-c4ccc(CCC(=O)O)cc4)n3)sc2CC1.Cl. The van der Waals surface area contributed by atoms with Gasteiger partial charge in [-0.3, -0.25) is 4.79 Å². The van der Waals surface area contributed by atoms with E-state index in [1.54, 1.807) is 22.7 Å². The third kappa shape index (κ3) is 4.78. The van der Waals surface area contributed by atoms with E-state index >= 15 is 0 Å². The number of likely N-dealkylation sites (N-methyl/N-ethyl adjacent to an activating group) is 1. The minimum absolute atomic E-state index is 0. The van der Waals surface area contributed by atoms with Gasteiger partial charge in [-0.25, -0.2) is 9.97 Å². The molecule has 1 aromatic carbocycles. The lowest BCUT2D eigenvalue weighted by atomic mass is 10.1. The third-order valence-corrected chi connectivity index (χ3v) is 6.85. The summed E-state index contributed by atoms with van der Waals surface area (Å²) in [5.74, 6) is -0.767. The van der Waals surface area contributed by atoms with Crippen molar-refractivity contribution >= 4 is 41.0 Å². The van der Waals surface area contributed by atoms with E-state index in [0.717, 1.165) is 52.8 Å². The Balaban J connectivity index is 0.00000225. The molecule has 8 heteroatoms. The van der Waals surface area contributed by atoms with Crippen molar-refractivity contribution in [2.24, 2.45) is 0 Å². The number of hydrogen-bond acceptors (Lipinski definition) is 6. The summed E-state index contributed by atoms with van der Waals surface area (Å²) in [6, 6.07) is 8.02. The Hall–Kier alpha value is -1.80. The minimum atomic E-state index is -0.767. The van der Waals surface area contributed by atoms with Crippen LogP contribution in [0.2, 0.25) is 0 Å². The molecule has 3 heterocycles. The van der Waals surface area contributed by atoms with Crippen LogP contribution < -0.4 is 0 Å². The predicted octanol–water partition coefficient (Wildman–Crippen LogP) is 4.40. The molecule has 0 radical (unpaired) electrons.